The fourth-order valence-corrected chi connectivity index (χ4v) is 6.85. The maximum Gasteiger partial charge on any atom is 0.229 e. The van der Waals surface area contributed by atoms with Gasteiger partial charge in [-0.3, -0.25) is 4.79 Å². The molecular weight excluding hydrogens is 592 g/mol. The first kappa shape index (κ1) is 30.8. The molecule has 1 aliphatic heterocycles. The van der Waals surface area contributed by atoms with Crippen molar-refractivity contribution in [3.8, 4) is 0 Å². The van der Waals surface area contributed by atoms with Crippen LogP contribution in [0.1, 0.15) is 41.5 Å². The molecule has 7 rings (SSSR count). The van der Waals surface area contributed by atoms with Gasteiger partial charge in [-0.1, -0.05) is 91.0 Å². The summed E-state index contributed by atoms with van der Waals surface area (Å²) in [7, 11) is 0. The Hall–Kier alpha value is -4.84. The fraction of sp³-hybridized carbons (Fsp3) is 0.333. The zero-order valence-electron chi connectivity index (χ0n) is 26.1. The van der Waals surface area contributed by atoms with E-state index in [1.807, 2.05) is 71.3 Å². The number of amides is 1. The largest absolute Gasteiger partial charge is 0.388 e. The third-order valence-electron chi connectivity index (χ3n) is 9.36. The summed E-state index contributed by atoms with van der Waals surface area (Å²) in [6, 6.07) is 29.0. The molecule has 1 aliphatic carbocycles. The predicted molar refractivity (Wildman–Crippen MR) is 181 cm³/mol. The van der Waals surface area contributed by atoms with Gasteiger partial charge in [0.05, 0.1) is 24.8 Å². The number of benzene rings is 3. The third kappa shape index (κ3) is 6.55. The Morgan fingerprint density at radius 2 is 1.57 bits per heavy atom. The minimum absolute atomic E-state index is 0.0308. The van der Waals surface area contributed by atoms with Crippen LogP contribution in [-0.2, 0) is 11.2 Å². The van der Waals surface area contributed by atoms with Crippen molar-refractivity contribution in [3.05, 3.63) is 114 Å². The summed E-state index contributed by atoms with van der Waals surface area (Å²) in [5.74, 6) is 0.963. The van der Waals surface area contributed by atoms with Crippen LogP contribution in [0.25, 0.3) is 11.2 Å². The minimum atomic E-state index is -1.15. The van der Waals surface area contributed by atoms with Gasteiger partial charge in [-0.2, -0.15) is 9.97 Å². The van der Waals surface area contributed by atoms with Gasteiger partial charge in [0.15, 0.2) is 17.0 Å². The molecule has 0 bridgehead atoms. The van der Waals surface area contributed by atoms with Gasteiger partial charge in [0.2, 0.25) is 11.9 Å². The summed E-state index contributed by atoms with van der Waals surface area (Å²) in [6.07, 6.45) is 0.704. The number of carbonyl (C=O) groups excluding carboxylic acids is 1. The number of nitrogens with two attached hydrogens (primary N) is 1. The number of nitrogens with zero attached hydrogens (tertiary/aromatic N) is 5. The standard InChI is InChI=1S/C36H40N8O3/c37-26-16-17-43(21-26)36-41-34(38-20-27(24-12-6-2-7-13-24)25-14-8-3-9-15-25)31-35(42-36)44(22-39-31)29-19-28(32(46)33(29)47)40-30(45)18-23-10-4-1-5-11-23/h1-15,22,26-29,32-33,46-47H,16-21,37H2,(H,40,45)(H,38,41,42)/t26-,28+,29?,32-,33+/m1/s1. The van der Waals surface area contributed by atoms with Crippen LogP contribution in [0.5, 0.6) is 0 Å². The van der Waals surface area contributed by atoms with Gasteiger partial charge in [0.1, 0.15) is 12.2 Å². The van der Waals surface area contributed by atoms with Gasteiger partial charge in [0, 0.05) is 31.6 Å². The summed E-state index contributed by atoms with van der Waals surface area (Å²) < 4.78 is 1.81. The molecular formula is C36H40N8O3. The van der Waals surface area contributed by atoms with E-state index in [2.05, 4.69) is 39.8 Å². The lowest BCUT2D eigenvalue weighted by Gasteiger charge is -2.22. The molecule has 5 aromatic rings. The third-order valence-corrected chi connectivity index (χ3v) is 9.36. The highest BCUT2D eigenvalue weighted by molar-refractivity contribution is 5.85. The Kier molecular flexibility index (Phi) is 8.84. The number of anilines is 2. The summed E-state index contributed by atoms with van der Waals surface area (Å²) in [6.45, 7) is 1.93. The van der Waals surface area contributed by atoms with Crippen LogP contribution in [0.2, 0.25) is 0 Å². The summed E-state index contributed by atoms with van der Waals surface area (Å²) in [4.78, 5) is 29.5. The van der Waals surface area contributed by atoms with Crippen LogP contribution >= 0.6 is 0 Å². The second kappa shape index (κ2) is 13.5. The molecule has 1 saturated heterocycles. The average molecular weight is 633 g/mol. The molecule has 3 aromatic carbocycles. The molecule has 11 heteroatoms. The maximum absolute atomic E-state index is 12.9. The van der Waals surface area contributed by atoms with Crippen molar-refractivity contribution >= 4 is 28.8 Å². The van der Waals surface area contributed by atoms with Gasteiger partial charge >= 0.3 is 0 Å². The first-order chi connectivity index (χ1) is 22.9. The first-order valence-electron chi connectivity index (χ1n) is 16.2. The Bertz CT molecular complexity index is 1760. The highest BCUT2D eigenvalue weighted by atomic mass is 16.3. The van der Waals surface area contributed by atoms with E-state index in [4.69, 9.17) is 20.7 Å². The Labute approximate surface area is 273 Å². The molecule has 1 amide bonds. The number of carbonyl (C=O) groups is 1. The minimum Gasteiger partial charge on any atom is -0.388 e. The normalized spacial score (nSPS) is 22.6. The smallest absolute Gasteiger partial charge is 0.229 e. The molecule has 0 radical (unpaired) electrons. The number of hydrogen-bond acceptors (Lipinski definition) is 9. The number of aliphatic hydroxyl groups is 2. The zero-order valence-corrected chi connectivity index (χ0v) is 26.1. The van der Waals surface area contributed by atoms with Crippen LogP contribution in [0.15, 0.2) is 97.3 Å². The summed E-state index contributed by atoms with van der Waals surface area (Å²) in [5.41, 5.74) is 10.6. The number of rotatable bonds is 10. The maximum atomic E-state index is 12.9. The van der Waals surface area contributed by atoms with Gasteiger partial charge in [-0.05, 0) is 29.5 Å². The van der Waals surface area contributed by atoms with Gasteiger partial charge in [-0.15, -0.1) is 0 Å². The lowest BCUT2D eigenvalue weighted by molar-refractivity contribution is -0.122. The number of fused-ring (bicyclic) bond motifs is 1. The number of aliphatic hydroxyl groups excluding tert-OH is 2. The molecule has 6 N–H and O–H groups in total. The molecule has 242 valence electrons. The number of hydrogen-bond donors (Lipinski definition) is 5. The Morgan fingerprint density at radius 3 is 2.21 bits per heavy atom. The van der Waals surface area contributed by atoms with Crippen LogP contribution < -0.4 is 21.3 Å². The van der Waals surface area contributed by atoms with Crippen molar-refractivity contribution in [2.45, 2.75) is 55.5 Å². The number of nitrogens with one attached hydrogen (secondary N) is 2. The van der Waals surface area contributed by atoms with E-state index in [1.54, 1.807) is 6.33 Å². The van der Waals surface area contributed by atoms with Crippen molar-refractivity contribution in [3.63, 3.8) is 0 Å². The molecule has 5 atom stereocenters. The van der Waals surface area contributed by atoms with Crippen LogP contribution in [0, 0.1) is 0 Å². The van der Waals surface area contributed by atoms with Crippen molar-refractivity contribution in [2.75, 3.05) is 29.9 Å². The number of imidazole rings is 1. The van der Waals surface area contributed by atoms with E-state index in [0.29, 0.717) is 42.4 Å². The Morgan fingerprint density at radius 1 is 0.915 bits per heavy atom. The molecule has 3 heterocycles. The zero-order chi connectivity index (χ0) is 32.3. The second-order valence-electron chi connectivity index (χ2n) is 12.6. The molecule has 1 saturated carbocycles. The van der Waals surface area contributed by atoms with E-state index in [9.17, 15) is 15.0 Å². The van der Waals surface area contributed by atoms with Gasteiger partial charge < -0.3 is 36.0 Å². The quantitative estimate of drug-likeness (QED) is 0.156. The highest BCUT2D eigenvalue weighted by Crippen LogP contribution is 2.35. The molecule has 11 nitrogen and oxygen atoms in total. The molecule has 1 unspecified atom stereocenters. The SMILES string of the molecule is N[C@@H]1CCN(c2nc(NCC(c3ccccc3)c3ccccc3)c3ncn(C4C[C@H](NC(=O)Cc5ccccc5)[C@@H](O)[C@H]4O)c3n2)C1. The second-order valence-corrected chi connectivity index (χ2v) is 12.6. The van der Waals surface area contributed by atoms with E-state index in [0.717, 1.165) is 18.5 Å². The molecule has 2 fully saturated rings. The van der Waals surface area contributed by atoms with Gasteiger partial charge in [0.25, 0.3) is 0 Å². The van der Waals surface area contributed by atoms with E-state index in [1.165, 1.54) is 11.1 Å². The van der Waals surface area contributed by atoms with Crippen molar-refractivity contribution in [1.82, 2.24) is 24.8 Å². The van der Waals surface area contributed by atoms with Crippen LogP contribution in [-0.4, -0.2) is 79.6 Å². The van der Waals surface area contributed by atoms with Crippen LogP contribution in [0.4, 0.5) is 11.8 Å². The van der Waals surface area contributed by atoms with Crippen molar-refractivity contribution < 1.29 is 15.0 Å². The number of aromatic nitrogens is 4. The van der Waals surface area contributed by atoms with E-state index < -0.39 is 24.3 Å². The molecule has 2 aromatic heterocycles. The molecule has 47 heavy (non-hydrogen) atoms. The average Bonchev–Trinajstić information content (AvgIpc) is 3.80. The summed E-state index contributed by atoms with van der Waals surface area (Å²) >= 11 is 0. The van der Waals surface area contributed by atoms with E-state index >= 15 is 0 Å². The highest BCUT2D eigenvalue weighted by Gasteiger charge is 2.44. The lowest BCUT2D eigenvalue weighted by Crippen LogP contribution is -2.43. The van der Waals surface area contributed by atoms with Gasteiger partial charge in [-0.25, -0.2) is 4.98 Å². The Balaban J connectivity index is 1.18. The fourth-order valence-electron chi connectivity index (χ4n) is 6.85. The summed E-state index contributed by atoms with van der Waals surface area (Å²) in [5, 5.41) is 28.8. The first-order valence-corrected chi connectivity index (χ1v) is 16.2. The van der Waals surface area contributed by atoms with Crippen molar-refractivity contribution in [2.24, 2.45) is 5.73 Å². The van der Waals surface area contributed by atoms with Crippen molar-refractivity contribution in [1.29, 1.82) is 0 Å². The predicted octanol–water partition coefficient (Wildman–Crippen LogP) is 3.00. The monoisotopic (exact) mass is 632 g/mol. The topological polar surface area (TPSA) is 154 Å². The van der Waals surface area contributed by atoms with Crippen LogP contribution in [0.3, 0.4) is 0 Å². The molecule has 0 spiro atoms. The van der Waals surface area contributed by atoms with E-state index in [-0.39, 0.29) is 24.3 Å². The molecule has 2 aliphatic rings. The lowest BCUT2D eigenvalue weighted by atomic mass is 9.91.